The first-order chi connectivity index (χ1) is 8.70. The molecule has 4 nitrogen and oxygen atoms in total. The van der Waals surface area contributed by atoms with Gasteiger partial charge in [-0.15, -0.1) is 0 Å². The molecule has 104 valence electrons. The molecule has 0 bridgehead atoms. The van der Waals surface area contributed by atoms with Gasteiger partial charge in [-0.2, -0.15) is 11.8 Å². The van der Waals surface area contributed by atoms with E-state index in [0.29, 0.717) is 13.0 Å². The molecule has 1 aliphatic carbocycles. The summed E-state index contributed by atoms with van der Waals surface area (Å²) < 4.78 is 11.1. The van der Waals surface area contributed by atoms with E-state index in [2.05, 4.69) is 0 Å². The van der Waals surface area contributed by atoms with Gasteiger partial charge in [-0.3, -0.25) is 4.79 Å². The Morgan fingerprint density at radius 2 is 2.28 bits per heavy atom. The predicted molar refractivity (Wildman–Crippen MR) is 70.8 cm³/mol. The highest BCUT2D eigenvalue weighted by molar-refractivity contribution is 7.99. The highest BCUT2D eigenvalue weighted by atomic mass is 32.2. The van der Waals surface area contributed by atoms with E-state index in [1.807, 2.05) is 11.8 Å². The number of hydrogen-bond donors (Lipinski definition) is 1. The van der Waals surface area contributed by atoms with Gasteiger partial charge in [-0.25, -0.2) is 0 Å². The van der Waals surface area contributed by atoms with E-state index in [4.69, 9.17) is 14.6 Å². The summed E-state index contributed by atoms with van der Waals surface area (Å²) in [7, 11) is 0. The second-order valence-electron chi connectivity index (χ2n) is 5.29. The molecule has 1 unspecified atom stereocenters. The van der Waals surface area contributed by atoms with E-state index in [1.54, 1.807) is 0 Å². The van der Waals surface area contributed by atoms with Gasteiger partial charge < -0.3 is 14.6 Å². The maximum absolute atomic E-state index is 10.7. The van der Waals surface area contributed by atoms with Crippen molar-refractivity contribution in [1.82, 2.24) is 0 Å². The lowest BCUT2D eigenvalue weighted by molar-refractivity contribution is -0.158. The minimum Gasteiger partial charge on any atom is -0.481 e. The van der Waals surface area contributed by atoms with Crippen LogP contribution in [0.5, 0.6) is 0 Å². The van der Waals surface area contributed by atoms with E-state index in [-0.39, 0.29) is 11.7 Å². The van der Waals surface area contributed by atoms with Crippen LogP contribution in [0.3, 0.4) is 0 Å². The van der Waals surface area contributed by atoms with Crippen molar-refractivity contribution in [3.63, 3.8) is 0 Å². The van der Waals surface area contributed by atoms with Gasteiger partial charge in [0.05, 0.1) is 13.0 Å². The highest BCUT2D eigenvalue weighted by Crippen LogP contribution is 2.50. The average Bonchev–Trinajstić information content (AvgIpc) is 3.09. The third kappa shape index (κ3) is 4.78. The number of hydrogen-bond acceptors (Lipinski definition) is 4. The van der Waals surface area contributed by atoms with Gasteiger partial charge in [0.15, 0.2) is 6.29 Å². The van der Waals surface area contributed by atoms with Crippen molar-refractivity contribution >= 4 is 17.7 Å². The molecular weight excluding hydrogens is 252 g/mol. The third-order valence-electron chi connectivity index (χ3n) is 3.56. The Kier molecular flexibility index (Phi) is 5.33. The number of carboxylic acid groups (broad SMARTS) is 1. The number of thioether (sulfide) groups is 1. The Morgan fingerprint density at radius 1 is 1.44 bits per heavy atom. The van der Waals surface area contributed by atoms with Crippen molar-refractivity contribution in [3.05, 3.63) is 0 Å². The van der Waals surface area contributed by atoms with Gasteiger partial charge in [0.25, 0.3) is 0 Å². The predicted octanol–water partition coefficient (Wildman–Crippen LogP) is 2.52. The van der Waals surface area contributed by atoms with Crippen LogP contribution in [0.15, 0.2) is 0 Å². The van der Waals surface area contributed by atoms with Crippen LogP contribution in [0.2, 0.25) is 0 Å². The number of rotatable bonds is 8. The number of aliphatic carboxylic acids is 1. The molecule has 1 heterocycles. The van der Waals surface area contributed by atoms with Crippen molar-refractivity contribution in [3.8, 4) is 0 Å². The average molecular weight is 274 g/mol. The zero-order valence-electron chi connectivity index (χ0n) is 10.7. The first kappa shape index (κ1) is 14.2. The van der Waals surface area contributed by atoms with Crippen molar-refractivity contribution in [1.29, 1.82) is 0 Å². The standard InChI is InChI=1S/C13H22O4S/c14-11(15)9-13(4-5-13)10-18-8-7-17-12-3-1-2-6-16-12/h12H,1-10H2,(H,14,15). The molecule has 0 aromatic heterocycles. The van der Waals surface area contributed by atoms with Crippen LogP contribution in [0.25, 0.3) is 0 Å². The Morgan fingerprint density at radius 3 is 2.89 bits per heavy atom. The molecule has 0 aromatic rings. The molecule has 1 N–H and O–H groups in total. The molecule has 1 atom stereocenters. The smallest absolute Gasteiger partial charge is 0.303 e. The van der Waals surface area contributed by atoms with Gasteiger partial charge in [0.2, 0.25) is 0 Å². The Bertz CT molecular complexity index is 272. The van der Waals surface area contributed by atoms with Crippen molar-refractivity contribution in [2.75, 3.05) is 24.7 Å². The fraction of sp³-hybridized carbons (Fsp3) is 0.923. The summed E-state index contributed by atoms with van der Waals surface area (Å²) >= 11 is 1.81. The normalized spacial score (nSPS) is 25.9. The van der Waals surface area contributed by atoms with E-state index >= 15 is 0 Å². The lowest BCUT2D eigenvalue weighted by Crippen LogP contribution is -2.23. The summed E-state index contributed by atoms with van der Waals surface area (Å²) in [4.78, 5) is 10.7. The number of carboxylic acids is 1. The summed E-state index contributed by atoms with van der Waals surface area (Å²) in [5, 5.41) is 8.81. The summed E-state index contributed by atoms with van der Waals surface area (Å²) in [5.74, 6) is 1.22. The Labute approximate surface area is 112 Å². The number of carbonyl (C=O) groups is 1. The van der Waals surface area contributed by atoms with Crippen molar-refractivity contribution < 1.29 is 19.4 Å². The van der Waals surface area contributed by atoms with Crippen LogP contribution in [0, 0.1) is 5.41 Å². The first-order valence-electron chi connectivity index (χ1n) is 6.73. The molecule has 18 heavy (non-hydrogen) atoms. The molecule has 5 heteroatoms. The molecule has 1 aliphatic heterocycles. The molecule has 1 saturated heterocycles. The molecule has 2 rings (SSSR count). The van der Waals surface area contributed by atoms with E-state index in [9.17, 15) is 4.79 Å². The molecule has 2 fully saturated rings. The molecular formula is C13H22O4S. The minimum absolute atomic E-state index is 0.00625. The first-order valence-corrected chi connectivity index (χ1v) is 7.88. The maximum Gasteiger partial charge on any atom is 0.303 e. The lowest BCUT2D eigenvalue weighted by atomic mass is 10.1. The number of ether oxygens (including phenoxy) is 2. The van der Waals surface area contributed by atoms with E-state index in [1.165, 1.54) is 6.42 Å². The van der Waals surface area contributed by atoms with Gasteiger partial charge in [-0.05, 0) is 43.3 Å². The molecule has 2 aliphatic rings. The second-order valence-corrected chi connectivity index (χ2v) is 6.40. The quantitative estimate of drug-likeness (QED) is 0.689. The van der Waals surface area contributed by atoms with Crippen LogP contribution in [-0.2, 0) is 14.3 Å². The minimum atomic E-state index is -0.667. The largest absolute Gasteiger partial charge is 0.481 e. The highest BCUT2D eigenvalue weighted by Gasteiger charge is 2.43. The fourth-order valence-corrected chi connectivity index (χ4v) is 3.42. The zero-order valence-corrected chi connectivity index (χ0v) is 11.5. The fourth-order valence-electron chi connectivity index (χ4n) is 2.24. The molecule has 0 amide bonds. The van der Waals surface area contributed by atoms with Crippen molar-refractivity contribution in [2.45, 2.75) is 44.8 Å². The van der Waals surface area contributed by atoms with Crippen LogP contribution >= 0.6 is 11.8 Å². The Hall–Kier alpha value is -0.260. The zero-order chi connectivity index (χ0) is 12.8. The third-order valence-corrected chi connectivity index (χ3v) is 4.83. The monoisotopic (exact) mass is 274 g/mol. The lowest BCUT2D eigenvalue weighted by Gasteiger charge is -2.22. The van der Waals surface area contributed by atoms with Gasteiger partial charge >= 0.3 is 5.97 Å². The summed E-state index contributed by atoms with van der Waals surface area (Å²) in [6.45, 7) is 1.53. The van der Waals surface area contributed by atoms with Gasteiger partial charge in [0, 0.05) is 12.4 Å². The Balaban J connectivity index is 1.49. The van der Waals surface area contributed by atoms with Crippen LogP contribution in [0.1, 0.15) is 38.5 Å². The topological polar surface area (TPSA) is 55.8 Å². The molecule has 1 saturated carbocycles. The van der Waals surface area contributed by atoms with Gasteiger partial charge in [-0.1, -0.05) is 0 Å². The second kappa shape index (κ2) is 6.78. The summed E-state index contributed by atoms with van der Waals surface area (Å²) in [6, 6.07) is 0. The van der Waals surface area contributed by atoms with E-state index in [0.717, 1.165) is 43.8 Å². The summed E-state index contributed by atoms with van der Waals surface area (Å²) in [5.41, 5.74) is 0.0951. The summed E-state index contributed by atoms with van der Waals surface area (Å²) in [6.07, 6.45) is 5.80. The molecule has 0 spiro atoms. The molecule has 0 radical (unpaired) electrons. The van der Waals surface area contributed by atoms with Crippen molar-refractivity contribution in [2.24, 2.45) is 5.41 Å². The van der Waals surface area contributed by atoms with Gasteiger partial charge in [0.1, 0.15) is 0 Å². The molecule has 0 aromatic carbocycles. The van der Waals surface area contributed by atoms with Crippen LogP contribution in [0.4, 0.5) is 0 Å². The maximum atomic E-state index is 10.7. The van der Waals surface area contributed by atoms with Crippen LogP contribution in [-0.4, -0.2) is 42.1 Å². The SMILES string of the molecule is O=C(O)CC1(CSCCOC2CCCCO2)CC1. The van der Waals surface area contributed by atoms with Crippen LogP contribution < -0.4 is 0 Å². The van der Waals surface area contributed by atoms with E-state index < -0.39 is 5.97 Å².